The summed E-state index contributed by atoms with van der Waals surface area (Å²) in [5.74, 6) is 0. The second kappa shape index (κ2) is 3.70. The number of halogens is 1. The lowest BCUT2D eigenvalue weighted by Crippen LogP contribution is -2.41. The van der Waals surface area contributed by atoms with E-state index in [-0.39, 0.29) is 18.3 Å². The fraction of sp³-hybridized carbons (Fsp3) is 0.700. The third-order valence-corrected chi connectivity index (χ3v) is 4.56. The SMILES string of the molecule is Cc1nc(Cl)sc1B1OC(C)(C)C(C)(C)O1. The van der Waals surface area contributed by atoms with Crippen molar-refractivity contribution in [2.24, 2.45) is 0 Å². The molecular weight excluding hydrogens is 244 g/mol. The van der Waals surface area contributed by atoms with Crippen molar-refractivity contribution in [2.75, 3.05) is 0 Å². The highest BCUT2D eigenvalue weighted by Gasteiger charge is 2.52. The van der Waals surface area contributed by atoms with E-state index in [2.05, 4.69) is 4.98 Å². The van der Waals surface area contributed by atoms with Crippen molar-refractivity contribution < 1.29 is 9.31 Å². The lowest BCUT2D eigenvalue weighted by atomic mass is 9.86. The Balaban J connectivity index is 2.30. The summed E-state index contributed by atoms with van der Waals surface area (Å²) in [6.45, 7) is 10.1. The van der Waals surface area contributed by atoms with E-state index in [0.29, 0.717) is 4.47 Å². The van der Waals surface area contributed by atoms with E-state index in [1.54, 1.807) is 0 Å². The normalized spacial score (nSPS) is 22.8. The van der Waals surface area contributed by atoms with Crippen LogP contribution >= 0.6 is 22.9 Å². The Morgan fingerprint density at radius 1 is 1.19 bits per heavy atom. The van der Waals surface area contributed by atoms with Gasteiger partial charge in [0.25, 0.3) is 0 Å². The topological polar surface area (TPSA) is 31.4 Å². The van der Waals surface area contributed by atoms with Gasteiger partial charge in [0.05, 0.1) is 16.0 Å². The van der Waals surface area contributed by atoms with Crippen molar-refractivity contribution in [1.82, 2.24) is 4.98 Å². The quantitative estimate of drug-likeness (QED) is 0.726. The Morgan fingerprint density at radius 2 is 1.69 bits per heavy atom. The monoisotopic (exact) mass is 259 g/mol. The second-order valence-corrected chi connectivity index (χ2v) is 6.62. The number of thiazole rings is 1. The Labute approximate surface area is 105 Å². The summed E-state index contributed by atoms with van der Waals surface area (Å²) in [6, 6.07) is 0. The van der Waals surface area contributed by atoms with E-state index in [9.17, 15) is 0 Å². The number of rotatable bonds is 1. The van der Waals surface area contributed by atoms with Gasteiger partial charge in [0.2, 0.25) is 0 Å². The van der Waals surface area contributed by atoms with Crippen molar-refractivity contribution in [3.63, 3.8) is 0 Å². The van der Waals surface area contributed by atoms with Gasteiger partial charge in [0.15, 0.2) is 4.47 Å². The number of nitrogens with zero attached hydrogens (tertiary/aromatic N) is 1. The molecule has 6 heteroatoms. The molecule has 0 N–H and O–H groups in total. The molecular formula is C10H15BClNO2S. The summed E-state index contributed by atoms with van der Waals surface area (Å²) in [5, 5.41) is 0. The summed E-state index contributed by atoms with van der Waals surface area (Å²) in [7, 11) is -0.352. The van der Waals surface area contributed by atoms with E-state index < -0.39 is 0 Å². The third-order valence-electron chi connectivity index (χ3n) is 3.27. The fourth-order valence-electron chi connectivity index (χ4n) is 1.54. The molecule has 0 amide bonds. The number of hydrogen-bond donors (Lipinski definition) is 0. The molecule has 1 saturated heterocycles. The van der Waals surface area contributed by atoms with Gasteiger partial charge in [0.1, 0.15) is 0 Å². The molecule has 1 fully saturated rings. The minimum Gasteiger partial charge on any atom is -0.399 e. The molecule has 0 saturated carbocycles. The van der Waals surface area contributed by atoms with Crippen molar-refractivity contribution in [2.45, 2.75) is 45.8 Å². The molecule has 3 nitrogen and oxygen atoms in total. The predicted octanol–water partition coefficient (Wildman–Crippen LogP) is 2.40. The summed E-state index contributed by atoms with van der Waals surface area (Å²) < 4.78 is 13.4. The van der Waals surface area contributed by atoms with Crippen LogP contribution in [0.2, 0.25) is 4.47 Å². The largest absolute Gasteiger partial charge is 0.507 e. The molecule has 0 radical (unpaired) electrons. The lowest BCUT2D eigenvalue weighted by Gasteiger charge is -2.32. The molecule has 1 aromatic heterocycles. The Morgan fingerprint density at radius 3 is 2.06 bits per heavy atom. The first kappa shape index (κ1) is 12.4. The number of hydrogen-bond acceptors (Lipinski definition) is 4. The highest BCUT2D eigenvalue weighted by atomic mass is 35.5. The minimum absolute atomic E-state index is 0.319. The molecule has 88 valence electrons. The first-order valence-electron chi connectivity index (χ1n) is 5.21. The fourth-order valence-corrected chi connectivity index (χ4v) is 2.67. The van der Waals surface area contributed by atoms with Gasteiger partial charge in [-0.25, -0.2) is 4.98 Å². The van der Waals surface area contributed by atoms with Crippen LogP contribution in [0.5, 0.6) is 0 Å². The smallest absolute Gasteiger partial charge is 0.399 e. The Hall–Kier alpha value is -0.0951. The van der Waals surface area contributed by atoms with E-state index in [1.165, 1.54) is 11.3 Å². The van der Waals surface area contributed by atoms with Crippen LogP contribution in [0.4, 0.5) is 0 Å². The van der Waals surface area contributed by atoms with Gasteiger partial charge in [-0.2, -0.15) is 0 Å². The maximum absolute atomic E-state index is 5.93. The zero-order valence-electron chi connectivity index (χ0n) is 10.1. The zero-order valence-corrected chi connectivity index (χ0v) is 11.7. The molecule has 1 aromatic rings. The van der Waals surface area contributed by atoms with E-state index >= 15 is 0 Å². The predicted molar refractivity (Wildman–Crippen MR) is 67.6 cm³/mol. The molecule has 0 aromatic carbocycles. The molecule has 0 atom stereocenters. The average Bonchev–Trinajstić information content (AvgIpc) is 2.51. The van der Waals surface area contributed by atoms with Gasteiger partial charge in [0, 0.05) is 5.69 Å². The summed E-state index contributed by atoms with van der Waals surface area (Å²) in [5.41, 5.74) is 0.245. The van der Waals surface area contributed by atoms with Gasteiger partial charge in [-0.15, -0.1) is 11.3 Å². The van der Waals surface area contributed by atoms with Crippen LogP contribution in [0.1, 0.15) is 33.4 Å². The molecule has 2 rings (SSSR count). The van der Waals surface area contributed by atoms with Gasteiger partial charge in [-0.05, 0) is 34.6 Å². The summed E-state index contributed by atoms with van der Waals surface area (Å²) >= 11 is 7.30. The molecule has 0 bridgehead atoms. The second-order valence-electron chi connectivity index (χ2n) is 5.00. The molecule has 1 aliphatic heterocycles. The van der Waals surface area contributed by atoms with Crippen molar-refractivity contribution in [1.29, 1.82) is 0 Å². The van der Waals surface area contributed by atoms with Crippen LogP contribution < -0.4 is 4.78 Å². The highest BCUT2D eigenvalue weighted by Crippen LogP contribution is 2.37. The molecule has 2 heterocycles. The first-order valence-corrected chi connectivity index (χ1v) is 6.41. The van der Waals surface area contributed by atoms with Gasteiger partial charge >= 0.3 is 7.12 Å². The van der Waals surface area contributed by atoms with Crippen molar-refractivity contribution in [3.05, 3.63) is 10.2 Å². The van der Waals surface area contributed by atoms with E-state index in [4.69, 9.17) is 20.9 Å². The molecule has 1 aliphatic rings. The maximum Gasteiger partial charge on any atom is 0.507 e. The number of aromatic nitrogens is 1. The average molecular weight is 260 g/mol. The van der Waals surface area contributed by atoms with Crippen molar-refractivity contribution >= 4 is 34.8 Å². The van der Waals surface area contributed by atoms with Crippen molar-refractivity contribution in [3.8, 4) is 0 Å². The molecule has 0 unspecified atom stereocenters. The molecule has 16 heavy (non-hydrogen) atoms. The first-order chi connectivity index (χ1) is 7.23. The van der Waals surface area contributed by atoms with E-state index in [0.717, 1.165) is 10.5 Å². The van der Waals surface area contributed by atoms with Crippen LogP contribution in [-0.2, 0) is 9.31 Å². The highest BCUT2D eigenvalue weighted by molar-refractivity contribution is 7.25. The van der Waals surface area contributed by atoms with Crippen LogP contribution in [0.25, 0.3) is 0 Å². The summed E-state index contributed by atoms with van der Waals surface area (Å²) in [4.78, 5) is 4.18. The Bertz CT molecular complexity index is 403. The van der Waals surface area contributed by atoms with Crippen LogP contribution in [0.3, 0.4) is 0 Å². The summed E-state index contributed by atoms with van der Waals surface area (Å²) in [6.07, 6.45) is 0. The van der Waals surface area contributed by atoms with Gasteiger partial charge in [-0.3, -0.25) is 0 Å². The third kappa shape index (κ3) is 1.90. The number of aryl methyl sites for hydroxylation is 1. The van der Waals surface area contributed by atoms with Gasteiger partial charge in [-0.1, -0.05) is 11.6 Å². The standard InChI is InChI=1S/C10H15BClNO2S/c1-6-7(16-8(12)13-6)11-14-9(2,3)10(4,5)15-11/h1-5H3. The van der Waals surface area contributed by atoms with Gasteiger partial charge < -0.3 is 9.31 Å². The van der Waals surface area contributed by atoms with Crippen LogP contribution in [0, 0.1) is 6.92 Å². The zero-order chi connectivity index (χ0) is 12.1. The minimum atomic E-state index is -0.352. The van der Waals surface area contributed by atoms with Crippen LogP contribution in [0.15, 0.2) is 0 Å². The molecule has 0 aliphatic carbocycles. The lowest BCUT2D eigenvalue weighted by molar-refractivity contribution is 0.00578. The molecule has 0 spiro atoms. The maximum atomic E-state index is 5.93. The van der Waals surface area contributed by atoms with E-state index in [1.807, 2.05) is 34.6 Å². The Kier molecular flexibility index (Phi) is 2.86. The van der Waals surface area contributed by atoms with Crippen LogP contribution in [-0.4, -0.2) is 23.3 Å².